The van der Waals surface area contributed by atoms with E-state index in [1.807, 2.05) is 0 Å². The van der Waals surface area contributed by atoms with Gasteiger partial charge in [0.2, 0.25) is 0 Å². The van der Waals surface area contributed by atoms with Crippen LogP contribution < -0.4 is 0 Å². The fourth-order valence-electron chi connectivity index (χ4n) is 2.12. The van der Waals surface area contributed by atoms with Crippen LogP contribution in [0.4, 0.5) is 0 Å². The van der Waals surface area contributed by atoms with Crippen molar-refractivity contribution in [2.45, 2.75) is 77.4 Å². The van der Waals surface area contributed by atoms with Crippen LogP contribution in [0.2, 0.25) is 0 Å². The van der Waals surface area contributed by atoms with Crippen molar-refractivity contribution in [1.82, 2.24) is 0 Å². The molecule has 0 fully saturated rings. The Labute approximate surface area is 135 Å². The average molecular weight is 359 g/mol. The molecule has 0 N–H and O–H groups in total. The lowest BCUT2D eigenvalue weighted by Crippen LogP contribution is -2.23. The summed E-state index contributed by atoms with van der Waals surface area (Å²) < 4.78 is 53.7. The Morgan fingerprint density at radius 2 is 1.05 bits per heavy atom. The zero-order chi connectivity index (χ0) is 17.1. The van der Waals surface area contributed by atoms with Crippen molar-refractivity contribution >= 4 is 20.2 Å². The predicted molar refractivity (Wildman–Crippen MR) is 87.5 cm³/mol. The minimum atomic E-state index is -3.75. The van der Waals surface area contributed by atoms with Crippen LogP contribution >= 0.6 is 0 Å². The summed E-state index contributed by atoms with van der Waals surface area (Å²) in [5, 5.41) is 0. The molecule has 6 nitrogen and oxygen atoms in total. The molecule has 0 aliphatic rings. The number of hydrogen-bond acceptors (Lipinski definition) is 6. The smallest absolute Gasteiger partial charge is 0.237 e. The zero-order valence-corrected chi connectivity index (χ0v) is 15.5. The minimum Gasteiger partial charge on any atom is -0.237 e. The Morgan fingerprint density at radius 1 is 0.682 bits per heavy atom. The summed E-state index contributed by atoms with van der Waals surface area (Å²) in [7, 11) is -7.49. The van der Waals surface area contributed by atoms with E-state index >= 15 is 0 Å². The SMILES string of the molecule is CCCCCCCCCCCC(OS(C)(=O)=O)OS(C)(=O)=O. The first-order valence-electron chi connectivity index (χ1n) is 7.90. The largest absolute Gasteiger partial charge is 0.266 e. The van der Waals surface area contributed by atoms with Gasteiger partial charge in [0.1, 0.15) is 0 Å². The Bertz CT molecular complexity index is 436. The van der Waals surface area contributed by atoms with Crippen molar-refractivity contribution in [3.63, 3.8) is 0 Å². The Hall–Kier alpha value is -0.180. The molecule has 0 atom stereocenters. The monoisotopic (exact) mass is 358 g/mol. The van der Waals surface area contributed by atoms with Gasteiger partial charge < -0.3 is 0 Å². The first-order chi connectivity index (χ1) is 10.1. The molecule has 0 amide bonds. The van der Waals surface area contributed by atoms with Gasteiger partial charge in [-0.05, 0) is 6.42 Å². The van der Waals surface area contributed by atoms with E-state index in [0.29, 0.717) is 6.42 Å². The molecule has 0 saturated heterocycles. The molecule has 134 valence electrons. The lowest BCUT2D eigenvalue weighted by atomic mass is 10.1. The summed E-state index contributed by atoms with van der Waals surface area (Å²) in [4.78, 5) is 0. The average Bonchev–Trinajstić information content (AvgIpc) is 2.32. The normalized spacial score (nSPS) is 12.9. The lowest BCUT2D eigenvalue weighted by Gasteiger charge is -2.15. The van der Waals surface area contributed by atoms with Crippen LogP contribution in [-0.2, 0) is 28.6 Å². The topological polar surface area (TPSA) is 86.7 Å². The molecule has 0 aliphatic carbocycles. The summed E-state index contributed by atoms with van der Waals surface area (Å²) in [6.07, 6.45) is 10.8. The lowest BCUT2D eigenvalue weighted by molar-refractivity contribution is 0.0104. The molecule has 0 spiro atoms. The van der Waals surface area contributed by atoms with Crippen molar-refractivity contribution in [1.29, 1.82) is 0 Å². The summed E-state index contributed by atoms with van der Waals surface area (Å²) in [5.74, 6) is 0. The molecular formula is C14H30O6S2. The van der Waals surface area contributed by atoms with E-state index in [4.69, 9.17) is 0 Å². The van der Waals surface area contributed by atoms with Crippen LogP contribution in [0, 0.1) is 0 Å². The van der Waals surface area contributed by atoms with Gasteiger partial charge in [0.05, 0.1) is 12.5 Å². The van der Waals surface area contributed by atoms with Gasteiger partial charge in [0.15, 0.2) is 6.29 Å². The molecule has 0 bridgehead atoms. The molecule has 0 aromatic carbocycles. The second-order valence-corrected chi connectivity index (χ2v) is 8.85. The van der Waals surface area contributed by atoms with Gasteiger partial charge in [0.25, 0.3) is 20.2 Å². The van der Waals surface area contributed by atoms with Crippen molar-refractivity contribution < 1.29 is 25.2 Å². The van der Waals surface area contributed by atoms with Crippen LogP contribution in [0.5, 0.6) is 0 Å². The van der Waals surface area contributed by atoms with Crippen molar-refractivity contribution in [3.05, 3.63) is 0 Å². The van der Waals surface area contributed by atoms with E-state index in [2.05, 4.69) is 15.3 Å². The second kappa shape index (κ2) is 11.4. The first kappa shape index (κ1) is 21.8. The summed E-state index contributed by atoms with van der Waals surface area (Å²) in [6, 6.07) is 0. The van der Waals surface area contributed by atoms with E-state index < -0.39 is 26.5 Å². The minimum absolute atomic E-state index is 0.246. The Balaban J connectivity index is 3.89. The van der Waals surface area contributed by atoms with Gasteiger partial charge in [-0.3, -0.25) is 0 Å². The third-order valence-corrected chi connectivity index (χ3v) is 4.24. The van der Waals surface area contributed by atoms with Crippen LogP contribution in [0.3, 0.4) is 0 Å². The van der Waals surface area contributed by atoms with Crippen molar-refractivity contribution in [3.8, 4) is 0 Å². The van der Waals surface area contributed by atoms with Crippen LogP contribution in [0.1, 0.15) is 71.1 Å². The van der Waals surface area contributed by atoms with Gasteiger partial charge in [-0.25, -0.2) is 8.37 Å². The Kier molecular flexibility index (Phi) is 11.3. The molecule has 0 heterocycles. The number of rotatable bonds is 14. The maximum atomic E-state index is 11.1. The molecule has 0 saturated carbocycles. The highest BCUT2D eigenvalue weighted by Gasteiger charge is 2.20. The summed E-state index contributed by atoms with van der Waals surface area (Å²) in [5.41, 5.74) is 0. The van der Waals surface area contributed by atoms with E-state index in [9.17, 15) is 16.8 Å². The first-order valence-corrected chi connectivity index (χ1v) is 11.5. The summed E-state index contributed by atoms with van der Waals surface area (Å²) in [6.45, 7) is 2.19. The quantitative estimate of drug-likeness (QED) is 0.269. The van der Waals surface area contributed by atoms with E-state index in [1.165, 1.54) is 32.1 Å². The van der Waals surface area contributed by atoms with E-state index in [0.717, 1.165) is 31.8 Å². The number of hydrogen-bond donors (Lipinski definition) is 0. The second-order valence-electron chi connectivity index (χ2n) is 5.65. The van der Waals surface area contributed by atoms with Gasteiger partial charge >= 0.3 is 0 Å². The maximum Gasteiger partial charge on any atom is 0.266 e. The highest BCUT2D eigenvalue weighted by atomic mass is 32.2. The van der Waals surface area contributed by atoms with Crippen LogP contribution in [0.15, 0.2) is 0 Å². The molecule has 0 unspecified atom stereocenters. The Morgan fingerprint density at radius 3 is 1.41 bits per heavy atom. The van der Waals surface area contributed by atoms with Crippen LogP contribution in [0.25, 0.3) is 0 Å². The molecule has 0 aromatic rings. The van der Waals surface area contributed by atoms with Gasteiger partial charge in [-0.2, -0.15) is 16.8 Å². The third-order valence-electron chi connectivity index (χ3n) is 3.11. The molecule has 0 aromatic heterocycles. The number of unbranched alkanes of at least 4 members (excludes halogenated alkanes) is 8. The highest BCUT2D eigenvalue weighted by Crippen LogP contribution is 2.15. The fraction of sp³-hybridized carbons (Fsp3) is 1.00. The van der Waals surface area contributed by atoms with E-state index in [-0.39, 0.29) is 6.42 Å². The molecule has 22 heavy (non-hydrogen) atoms. The third kappa shape index (κ3) is 16.2. The zero-order valence-electron chi connectivity index (χ0n) is 13.9. The van der Waals surface area contributed by atoms with Crippen molar-refractivity contribution in [2.75, 3.05) is 12.5 Å². The van der Waals surface area contributed by atoms with Crippen LogP contribution in [-0.4, -0.2) is 35.6 Å². The van der Waals surface area contributed by atoms with Gasteiger partial charge in [-0.15, -0.1) is 0 Å². The highest BCUT2D eigenvalue weighted by molar-refractivity contribution is 7.86. The van der Waals surface area contributed by atoms with E-state index in [1.54, 1.807) is 0 Å². The fourth-order valence-corrected chi connectivity index (χ4v) is 3.22. The predicted octanol–water partition coefficient (Wildman–Crippen LogP) is 3.19. The molecule has 0 radical (unpaired) electrons. The van der Waals surface area contributed by atoms with Gasteiger partial charge in [-0.1, -0.05) is 58.3 Å². The van der Waals surface area contributed by atoms with Crippen molar-refractivity contribution in [2.24, 2.45) is 0 Å². The van der Waals surface area contributed by atoms with Gasteiger partial charge in [0, 0.05) is 6.42 Å². The molecule has 0 rings (SSSR count). The molecule has 0 aliphatic heterocycles. The molecular weight excluding hydrogens is 328 g/mol. The summed E-state index contributed by atoms with van der Waals surface area (Å²) >= 11 is 0. The standard InChI is InChI=1S/C14H30O6S2/c1-4-5-6-7-8-9-10-11-12-13-14(19-21(2,15)16)20-22(3,17)18/h14H,4-13H2,1-3H3. The molecule has 8 heteroatoms. The maximum absolute atomic E-state index is 11.1.